The van der Waals surface area contributed by atoms with Gasteiger partial charge in [0.15, 0.2) is 5.82 Å². The van der Waals surface area contributed by atoms with Gasteiger partial charge in [-0.15, -0.1) is 0 Å². The van der Waals surface area contributed by atoms with Crippen LogP contribution < -0.4 is 15.4 Å². The van der Waals surface area contributed by atoms with Gasteiger partial charge in [0.05, 0.1) is 12.1 Å². The molecule has 3 N–H and O–H groups in total. The third-order valence-electron chi connectivity index (χ3n) is 4.97. The molecule has 0 radical (unpaired) electrons. The second-order valence-electron chi connectivity index (χ2n) is 6.93. The van der Waals surface area contributed by atoms with Crippen molar-refractivity contribution >= 4 is 22.8 Å². The number of anilines is 1. The molecule has 0 aliphatic carbocycles. The van der Waals surface area contributed by atoms with Crippen LogP contribution in [0.1, 0.15) is 39.0 Å². The Balaban J connectivity index is 1.53. The van der Waals surface area contributed by atoms with Crippen molar-refractivity contribution in [3.63, 3.8) is 0 Å². The Bertz CT molecular complexity index is 730. The average Bonchev–Trinajstić information content (AvgIpc) is 3.22. The molecule has 0 saturated carbocycles. The number of nitrogens with one attached hydrogen (secondary N) is 3. The van der Waals surface area contributed by atoms with Crippen LogP contribution in [-0.4, -0.2) is 53.9 Å². The molecule has 0 spiro atoms. The number of ether oxygens (including phenoxy) is 1. The third-order valence-corrected chi connectivity index (χ3v) is 4.97. The first-order chi connectivity index (χ1) is 12.7. The summed E-state index contributed by atoms with van der Waals surface area (Å²) < 4.78 is 5.91. The van der Waals surface area contributed by atoms with Crippen LogP contribution in [0.3, 0.4) is 0 Å². The van der Waals surface area contributed by atoms with Gasteiger partial charge in [-0.1, -0.05) is 13.3 Å². The van der Waals surface area contributed by atoms with Gasteiger partial charge in [0.2, 0.25) is 0 Å². The topological polar surface area (TPSA) is 82.3 Å². The molecule has 2 aromatic rings. The smallest absolute Gasteiger partial charge is 0.320 e. The molecule has 7 heteroatoms. The van der Waals surface area contributed by atoms with E-state index in [0.717, 1.165) is 35.9 Å². The standard InChI is InChI=1S/C19H29N5O2/c1-3-4-10-20-19(25)21-18-16-8-7-15(13-17(16)22-23-18)26-12-9-14-6-5-11-24(14)2/h7-8,13-14H,3-6,9-12H2,1-2H3,(H3,20,21,22,23,25). The third kappa shape index (κ3) is 4.66. The number of amides is 2. The van der Waals surface area contributed by atoms with Crippen molar-refractivity contribution in [2.24, 2.45) is 0 Å². The molecule has 1 fully saturated rings. The van der Waals surface area contributed by atoms with Gasteiger partial charge < -0.3 is 15.0 Å². The molecule has 1 aromatic carbocycles. The van der Waals surface area contributed by atoms with Gasteiger partial charge in [0.1, 0.15) is 5.75 Å². The first-order valence-electron chi connectivity index (χ1n) is 9.53. The zero-order valence-electron chi connectivity index (χ0n) is 15.7. The van der Waals surface area contributed by atoms with E-state index in [4.69, 9.17) is 4.74 Å². The molecular weight excluding hydrogens is 330 g/mol. The van der Waals surface area contributed by atoms with Gasteiger partial charge in [-0.25, -0.2) is 4.79 Å². The molecule has 2 heterocycles. The number of likely N-dealkylation sites (tertiary alicyclic amines) is 1. The number of hydrogen-bond acceptors (Lipinski definition) is 4. The zero-order chi connectivity index (χ0) is 18.4. The number of nitrogens with zero attached hydrogens (tertiary/aromatic N) is 2. The van der Waals surface area contributed by atoms with Crippen LogP contribution in [0.5, 0.6) is 5.75 Å². The molecule has 1 saturated heterocycles. The van der Waals surface area contributed by atoms with Crippen LogP contribution in [0.25, 0.3) is 10.9 Å². The molecular formula is C19H29N5O2. The molecule has 1 atom stereocenters. The Morgan fingerprint density at radius 3 is 3.12 bits per heavy atom. The Morgan fingerprint density at radius 1 is 1.46 bits per heavy atom. The highest BCUT2D eigenvalue weighted by atomic mass is 16.5. The van der Waals surface area contributed by atoms with Crippen molar-refractivity contribution in [3.8, 4) is 5.75 Å². The summed E-state index contributed by atoms with van der Waals surface area (Å²) in [5, 5.41) is 13.6. The molecule has 0 bridgehead atoms. The maximum Gasteiger partial charge on any atom is 0.320 e. The fraction of sp³-hybridized carbons (Fsp3) is 0.579. The van der Waals surface area contributed by atoms with Crippen molar-refractivity contribution in [2.45, 2.75) is 45.1 Å². The van der Waals surface area contributed by atoms with E-state index in [-0.39, 0.29) is 6.03 Å². The lowest BCUT2D eigenvalue weighted by Crippen LogP contribution is -2.29. The number of unbranched alkanes of at least 4 members (excludes halogenated alkanes) is 1. The Kier molecular flexibility index (Phi) is 6.33. The minimum atomic E-state index is -0.229. The van der Waals surface area contributed by atoms with E-state index in [1.165, 1.54) is 19.4 Å². The van der Waals surface area contributed by atoms with E-state index in [0.29, 0.717) is 25.0 Å². The first kappa shape index (κ1) is 18.5. The quantitative estimate of drug-likeness (QED) is 0.631. The van der Waals surface area contributed by atoms with Crippen molar-refractivity contribution in [3.05, 3.63) is 18.2 Å². The van der Waals surface area contributed by atoms with Crippen molar-refractivity contribution in [1.29, 1.82) is 0 Å². The normalized spacial score (nSPS) is 17.5. The fourth-order valence-electron chi connectivity index (χ4n) is 3.37. The predicted molar refractivity (Wildman–Crippen MR) is 104 cm³/mol. The molecule has 1 aliphatic rings. The maximum atomic E-state index is 11.9. The summed E-state index contributed by atoms with van der Waals surface area (Å²) >= 11 is 0. The van der Waals surface area contributed by atoms with Gasteiger partial charge in [-0.05, 0) is 51.4 Å². The molecule has 1 aliphatic heterocycles. The van der Waals surface area contributed by atoms with Crippen LogP contribution in [0.4, 0.5) is 10.6 Å². The van der Waals surface area contributed by atoms with Crippen molar-refractivity contribution in [2.75, 3.05) is 32.1 Å². The van der Waals surface area contributed by atoms with Crippen LogP contribution in [0.2, 0.25) is 0 Å². The van der Waals surface area contributed by atoms with Crippen LogP contribution in [0.15, 0.2) is 18.2 Å². The lowest BCUT2D eigenvalue weighted by atomic mass is 10.1. The maximum absolute atomic E-state index is 11.9. The number of hydrogen-bond donors (Lipinski definition) is 3. The van der Waals surface area contributed by atoms with E-state index in [2.05, 4.69) is 39.7 Å². The van der Waals surface area contributed by atoms with Crippen molar-refractivity contribution in [1.82, 2.24) is 20.4 Å². The number of carbonyl (C=O) groups is 1. The largest absolute Gasteiger partial charge is 0.493 e. The number of aromatic nitrogens is 2. The van der Waals surface area contributed by atoms with E-state index < -0.39 is 0 Å². The van der Waals surface area contributed by atoms with E-state index >= 15 is 0 Å². The summed E-state index contributed by atoms with van der Waals surface area (Å²) in [5.41, 5.74) is 0.851. The van der Waals surface area contributed by atoms with Gasteiger partial charge >= 0.3 is 6.03 Å². The predicted octanol–water partition coefficient (Wildman–Crippen LogP) is 3.35. The molecule has 7 nitrogen and oxygen atoms in total. The first-order valence-corrected chi connectivity index (χ1v) is 9.53. The molecule has 2 amide bonds. The minimum absolute atomic E-state index is 0.229. The van der Waals surface area contributed by atoms with Gasteiger partial charge in [-0.2, -0.15) is 5.10 Å². The number of fused-ring (bicyclic) bond motifs is 1. The summed E-state index contributed by atoms with van der Waals surface area (Å²) in [7, 11) is 2.18. The lowest BCUT2D eigenvalue weighted by molar-refractivity contribution is 0.233. The van der Waals surface area contributed by atoms with Gasteiger partial charge in [0.25, 0.3) is 0 Å². The number of carbonyl (C=O) groups excluding carboxylic acids is 1. The molecule has 1 aromatic heterocycles. The molecule has 142 valence electrons. The summed E-state index contributed by atoms with van der Waals surface area (Å²) in [6.07, 6.45) is 5.59. The monoisotopic (exact) mass is 359 g/mol. The number of benzene rings is 1. The van der Waals surface area contributed by atoms with Crippen LogP contribution in [0, 0.1) is 0 Å². The Hall–Kier alpha value is -2.28. The molecule has 26 heavy (non-hydrogen) atoms. The van der Waals surface area contributed by atoms with Gasteiger partial charge in [-0.3, -0.25) is 10.4 Å². The number of rotatable bonds is 8. The van der Waals surface area contributed by atoms with Crippen molar-refractivity contribution < 1.29 is 9.53 Å². The highest BCUT2D eigenvalue weighted by molar-refractivity contribution is 5.99. The molecule has 1 unspecified atom stereocenters. The zero-order valence-corrected chi connectivity index (χ0v) is 15.7. The summed E-state index contributed by atoms with van der Waals surface area (Å²) in [6.45, 7) is 4.65. The fourth-order valence-corrected chi connectivity index (χ4v) is 3.37. The Labute approximate surface area is 154 Å². The lowest BCUT2D eigenvalue weighted by Gasteiger charge is -2.19. The van der Waals surface area contributed by atoms with Crippen LogP contribution >= 0.6 is 0 Å². The minimum Gasteiger partial charge on any atom is -0.493 e. The molecule has 3 rings (SSSR count). The summed E-state index contributed by atoms with van der Waals surface area (Å²) in [4.78, 5) is 14.3. The number of H-pyrrole nitrogens is 1. The Morgan fingerprint density at radius 2 is 2.35 bits per heavy atom. The van der Waals surface area contributed by atoms with E-state index in [9.17, 15) is 4.79 Å². The van der Waals surface area contributed by atoms with Crippen LogP contribution in [-0.2, 0) is 0 Å². The number of aromatic amines is 1. The van der Waals surface area contributed by atoms with E-state index in [1.54, 1.807) is 0 Å². The number of urea groups is 1. The second kappa shape index (κ2) is 8.89. The highest BCUT2D eigenvalue weighted by Gasteiger charge is 2.20. The second-order valence-corrected chi connectivity index (χ2v) is 6.93. The van der Waals surface area contributed by atoms with E-state index in [1.807, 2.05) is 18.2 Å². The SMILES string of the molecule is CCCCNC(=O)Nc1n[nH]c2cc(OCCC3CCCN3C)ccc12. The van der Waals surface area contributed by atoms with Gasteiger partial charge in [0, 0.05) is 24.0 Å². The summed E-state index contributed by atoms with van der Waals surface area (Å²) in [5.74, 6) is 1.36. The summed E-state index contributed by atoms with van der Waals surface area (Å²) in [6, 6.07) is 6.19. The average molecular weight is 359 g/mol. The highest BCUT2D eigenvalue weighted by Crippen LogP contribution is 2.25.